The Hall–Kier alpha value is -0.260. The molecule has 2 N–H and O–H groups in total. The quantitative estimate of drug-likeness (QED) is 0.776. The molecule has 1 amide bonds. The molecule has 2 heterocycles. The molecule has 2 aliphatic rings. The zero-order valence-corrected chi connectivity index (χ0v) is 13.7. The summed E-state index contributed by atoms with van der Waals surface area (Å²) in [5.74, 6) is 1.49. The van der Waals surface area contributed by atoms with E-state index in [2.05, 4.69) is 29.4 Å². The Bertz CT molecular complexity index is 305. The molecular formula is C15H29N3OS. The lowest BCUT2D eigenvalue weighted by molar-refractivity contribution is -0.118. The maximum Gasteiger partial charge on any atom is 0.230 e. The molecule has 2 rings (SSSR count). The van der Waals surface area contributed by atoms with E-state index in [1.807, 2.05) is 11.8 Å². The smallest absolute Gasteiger partial charge is 0.230 e. The van der Waals surface area contributed by atoms with E-state index in [1.165, 1.54) is 25.8 Å². The zero-order chi connectivity index (χ0) is 14.4. The van der Waals surface area contributed by atoms with E-state index in [-0.39, 0.29) is 5.91 Å². The highest BCUT2D eigenvalue weighted by atomic mass is 32.2. The number of amides is 1. The van der Waals surface area contributed by atoms with Gasteiger partial charge in [0.15, 0.2) is 0 Å². The first-order valence-electron chi connectivity index (χ1n) is 7.98. The summed E-state index contributed by atoms with van der Waals surface area (Å²) in [4.78, 5) is 14.4. The number of carbonyl (C=O) groups excluding carboxylic acids is 1. The van der Waals surface area contributed by atoms with Gasteiger partial charge < -0.3 is 15.5 Å². The number of nitrogens with one attached hydrogen (secondary N) is 2. The third kappa shape index (κ3) is 5.26. The van der Waals surface area contributed by atoms with Gasteiger partial charge in [-0.2, -0.15) is 0 Å². The van der Waals surface area contributed by atoms with Crippen molar-refractivity contribution in [1.82, 2.24) is 15.5 Å². The normalized spacial score (nSPS) is 25.2. The Morgan fingerprint density at radius 2 is 2.10 bits per heavy atom. The molecule has 5 heteroatoms. The molecule has 0 bridgehead atoms. The van der Waals surface area contributed by atoms with Crippen LogP contribution in [0.25, 0.3) is 0 Å². The number of nitrogens with zero attached hydrogens (tertiary/aromatic N) is 1. The largest absolute Gasteiger partial charge is 0.355 e. The van der Waals surface area contributed by atoms with Gasteiger partial charge in [0, 0.05) is 24.4 Å². The van der Waals surface area contributed by atoms with Crippen LogP contribution in [0.2, 0.25) is 0 Å². The fourth-order valence-electron chi connectivity index (χ4n) is 2.96. The molecule has 0 radical (unpaired) electrons. The van der Waals surface area contributed by atoms with Crippen LogP contribution in [-0.2, 0) is 4.79 Å². The molecule has 0 spiro atoms. The van der Waals surface area contributed by atoms with E-state index in [1.54, 1.807) is 0 Å². The molecule has 1 atom stereocenters. The van der Waals surface area contributed by atoms with Crippen LogP contribution in [0.4, 0.5) is 0 Å². The summed E-state index contributed by atoms with van der Waals surface area (Å²) in [6.07, 6.45) is 3.62. The molecule has 2 fully saturated rings. The van der Waals surface area contributed by atoms with E-state index in [4.69, 9.17) is 0 Å². The number of thioether (sulfide) groups is 1. The first-order valence-corrected chi connectivity index (χ1v) is 9.03. The summed E-state index contributed by atoms with van der Waals surface area (Å²) in [5.41, 5.74) is 0. The lowest BCUT2D eigenvalue weighted by atomic mass is 10.1. The zero-order valence-electron chi connectivity index (χ0n) is 12.9. The highest BCUT2D eigenvalue weighted by Gasteiger charge is 2.24. The lowest BCUT2D eigenvalue weighted by Crippen LogP contribution is -2.34. The Labute approximate surface area is 127 Å². The first kappa shape index (κ1) is 16.1. The molecule has 0 aromatic rings. The van der Waals surface area contributed by atoms with Crippen molar-refractivity contribution in [3.63, 3.8) is 0 Å². The Kier molecular flexibility index (Phi) is 6.65. The highest BCUT2D eigenvalue weighted by Crippen LogP contribution is 2.20. The molecular weight excluding hydrogens is 270 g/mol. The predicted molar refractivity (Wildman–Crippen MR) is 86.2 cm³/mol. The second-order valence-electron chi connectivity index (χ2n) is 6.31. The van der Waals surface area contributed by atoms with Crippen LogP contribution in [0, 0.1) is 5.92 Å². The Morgan fingerprint density at radius 1 is 1.35 bits per heavy atom. The van der Waals surface area contributed by atoms with Crippen LogP contribution in [0.5, 0.6) is 0 Å². The van der Waals surface area contributed by atoms with E-state index < -0.39 is 0 Å². The predicted octanol–water partition coefficient (Wildman–Crippen LogP) is 1.32. The topological polar surface area (TPSA) is 44.4 Å². The molecule has 2 aliphatic heterocycles. The molecule has 0 aliphatic carbocycles. The minimum absolute atomic E-state index is 0.219. The number of hydrogen-bond donors (Lipinski definition) is 2. The molecule has 0 saturated carbocycles. The second-order valence-corrected chi connectivity index (χ2v) is 7.60. The van der Waals surface area contributed by atoms with E-state index in [0.717, 1.165) is 26.2 Å². The maximum atomic E-state index is 11.9. The molecule has 116 valence electrons. The van der Waals surface area contributed by atoms with E-state index >= 15 is 0 Å². The first-order chi connectivity index (χ1) is 9.65. The molecule has 4 nitrogen and oxygen atoms in total. The van der Waals surface area contributed by atoms with Crippen molar-refractivity contribution in [1.29, 1.82) is 0 Å². The van der Waals surface area contributed by atoms with Gasteiger partial charge in [-0.1, -0.05) is 0 Å². The third-order valence-electron chi connectivity index (χ3n) is 4.37. The van der Waals surface area contributed by atoms with Crippen molar-refractivity contribution < 1.29 is 4.79 Å². The molecule has 20 heavy (non-hydrogen) atoms. The van der Waals surface area contributed by atoms with Crippen molar-refractivity contribution in [2.24, 2.45) is 5.92 Å². The third-order valence-corrected chi connectivity index (χ3v) is 5.74. The second kappa shape index (κ2) is 8.25. The van der Waals surface area contributed by atoms with Crippen LogP contribution < -0.4 is 10.6 Å². The number of carbonyl (C=O) groups is 1. The summed E-state index contributed by atoms with van der Waals surface area (Å²) in [5, 5.41) is 7.15. The number of likely N-dealkylation sites (tertiary alicyclic amines) is 1. The average molecular weight is 299 g/mol. The standard InChI is InChI=1S/C15H29N3OS/c1-12(2)18-8-5-13(10-18)9-17-15(19)11-20-14-3-6-16-7-4-14/h12-14,16H,3-11H2,1-2H3,(H,17,19). The SMILES string of the molecule is CC(C)N1CCC(CNC(=O)CSC2CCNCC2)C1. The van der Waals surface area contributed by atoms with Crippen molar-refractivity contribution in [3.05, 3.63) is 0 Å². The molecule has 2 saturated heterocycles. The van der Waals surface area contributed by atoms with Crippen LogP contribution in [0.15, 0.2) is 0 Å². The average Bonchev–Trinajstić information content (AvgIpc) is 2.93. The van der Waals surface area contributed by atoms with E-state index in [0.29, 0.717) is 23.0 Å². The van der Waals surface area contributed by atoms with Gasteiger partial charge in [0.25, 0.3) is 0 Å². The number of hydrogen-bond acceptors (Lipinski definition) is 4. The van der Waals surface area contributed by atoms with Crippen LogP contribution >= 0.6 is 11.8 Å². The maximum absolute atomic E-state index is 11.9. The van der Waals surface area contributed by atoms with Gasteiger partial charge in [0.05, 0.1) is 5.75 Å². The summed E-state index contributed by atoms with van der Waals surface area (Å²) >= 11 is 1.83. The minimum atomic E-state index is 0.219. The fraction of sp³-hybridized carbons (Fsp3) is 0.933. The molecule has 0 aromatic carbocycles. The van der Waals surface area contributed by atoms with E-state index in [9.17, 15) is 4.79 Å². The van der Waals surface area contributed by atoms with Gasteiger partial charge in [-0.25, -0.2) is 0 Å². The minimum Gasteiger partial charge on any atom is -0.355 e. The summed E-state index contributed by atoms with van der Waals surface area (Å²) in [6.45, 7) is 9.88. The number of rotatable bonds is 6. The van der Waals surface area contributed by atoms with Gasteiger partial charge in [-0.05, 0) is 58.7 Å². The van der Waals surface area contributed by atoms with Crippen LogP contribution in [-0.4, -0.2) is 60.6 Å². The highest BCUT2D eigenvalue weighted by molar-refractivity contribution is 8.00. The monoisotopic (exact) mass is 299 g/mol. The molecule has 0 aromatic heterocycles. The summed E-state index contributed by atoms with van der Waals surface area (Å²) < 4.78 is 0. The Morgan fingerprint density at radius 3 is 2.75 bits per heavy atom. The van der Waals surface area contributed by atoms with Gasteiger partial charge in [-0.3, -0.25) is 4.79 Å². The van der Waals surface area contributed by atoms with Crippen molar-refractivity contribution in [2.75, 3.05) is 38.5 Å². The van der Waals surface area contributed by atoms with Crippen molar-refractivity contribution in [2.45, 2.75) is 44.4 Å². The van der Waals surface area contributed by atoms with Gasteiger partial charge >= 0.3 is 0 Å². The summed E-state index contributed by atoms with van der Waals surface area (Å²) in [6, 6.07) is 0.631. The number of piperidine rings is 1. The van der Waals surface area contributed by atoms with Crippen LogP contribution in [0.1, 0.15) is 33.1 Å². The lowest BCUT2D eigenvalue weighted by Gasteiger charge is -2.22. The molecule has 1 unspecified atom stereocenters. The van der Waals surface area contributed by atoms with Crippen molar-refractivity contribution in [3.8, 4) is 0 Å². The van der Waals surface area contributed by atoms with Crippen molar-refractivity contribution >= 4 is 17.7 Å². The Balaban J connectivity index is 1.56. The summed E-state index contributed by atoms with van der Waals surface area (Å²) in [7, 11) is 0. The fourth-order valence-corrected chi connectivity index (χ4v) is 4.02. The van der Waals surface area contributed by atoms with Gasteiger partial charge in [0.1, 0.15) is 0 Å². The van der Waals surface area contributed by atoms with Crippen LogP contribution in [0.3, 0.4) is 0 Å². The van der Waals surface area contributed by atoms with Gasteiger partial charge in [-0.15, -0.1) is 11.8 Å². The van der Waals surface area contributed by atoms with Gasteiger partial charge in [0.2, 0.25) is 5.91 Å².